The molecule has 0 aromatic heterocycles. The maximum Gasteiger partial charge on any atom is 0.156 e. The zero-order valence-corrected chi connectivity index (χ0v) is 12.3. The monoisotopic (exact) mass is 294 g/mol. The molecule has 0 radical (unpaired) electrons. The molecule has 0 aromatic rings. The van der Waals surface area contributed by atoms with Gasteiger partial charge in [0.25, 0.3) is 0 Å². The maximum atomic E-state index is 11.7. The molecular formula is C15H19BrO. The van der Waals surface area contributed by atoms with Crippen molar-refractivity contribution in [1.82, 2.24) is 0 Å². The average molecular weight is 295 g/mol. The summed E-state index contributed by atoms with van der Waals surface area (Å²) in [6.07, 6.45) is 9.18. The molecule has 17 heavy (non-hydrogen) atoms. The molecule has 2 rings (SSSR count). The molecule has 2 aliphatic carbocycles. The summed E-state index contributed by atoms with van der Waals surface area (Å²) in [6.45, 7) is 6.54. The number of hydrogen-bond donors (Lipinski definition) is 0. The van der Waals surface area contributed by atoms with Gasteiger partial charge in [-0.2, -0.15) is 0 Å². The maximum absolute atomic E-state index is 11.7. The van der Waals surface area contributed by atoms with E-state index in [1.54, 1.807) is 0 Å². The van der Waals surface area contributed by atoms with Crippen LogP contribution in [0.25, 0.3) is 0 Å². The lowest BCUT2D eigenvalue weighted by atomic mass is 9.54. The zero-order chi connectivity index (χ0) is 12.7. The number of rotatable bonds is 0. The fraction of sp³-hybridized carbons (Fsp3) is 0.533. The van der Waals surface area contributed by atoms with Gasteiger partial charge in [0.05, 0.1) is 0 Å². The van der Waals surface area contributed by atoms with Gasteiger partial charge in [-0.05, 0) is 41.8 Å². The average Bonchev–Trinajstić information content (AvgIpc) is 2.26. The lowest BCUT2D eigenvalue weighted by Gasteiger charge is -2.50. The third-order valence-electron chi connectivity index (χ3n) is 4.44. The minimum Gasteiger partial charge on any atom is -0.295 e. The van der Waals surface area contributed by atoms with Crippen LogP contribution in [0.15, 0.2) is 34.4 Å². The summed E-state index contributed by atoms with van der Waals surface area (Å²) in [4.78, 5) is 13.7. The first-order valence-corrected chi connectivity index (χ1v) is 7.03. The van der Waals surface area contributed by atoms with Crippen LogP contribution in [0.5, 0.6) is 0 Å². The minimum absolute atomic E-state index is 0.0251. The van der Waals surface area contributed by atoms with Crippen LogP contribution in [0, 0.1) is 10.8 Å². The Hall–Kier alpha value is -0.630. The van der Waals surface area contributed by atoms with Gasteiger partial charge in [-0.15, -0.1) is 0 Å². The Kier molecular flexibility index (Phi) is 3.19. The first-order valence-electron chi connectivity index (χ1n) is 6.11. The first kappa shape index (κ1) is 12.8. The summed E-state index contributed by atoms with van der Waals surface area (Å²) in [7, 11) is 0. The lowest BCUT2D eigenvalue weighted by molar-refractivity contribution is -0.118. The summed E-state index contributed by atoms with van der Waals surface area (Å²) in [5.74, 6) is 0.272. The Morgan fingerprint density at radius 2 is 2.12 bits per heavy atom. The molecule has 1 atom stereocenters. The number of carbonyl (C=O) groups is 1. The molecule has 0 fully saturated rings. The van der Waals surface area contributed by atoms with Gasteiger partial charge in [0, 0.05) is 11.8 Å². The van der Waals surface area contributed by atoms with Gasteiger partial charge in [0.2, 0.25) is 0 Å². The van der Waals surface area contributed by atoms with Crippen LogP contribution in [0.1, 0.15) is 40.0 Å². The molecule has 0 saturated carbocycles. The van der Waals surface area contributed by atoms with Crippen molar-refractivity contribution in [1.29, 1.82) is 0 Å². The summed E-state index contributed by atoms with van der Waals surface area (Å²) in [6, 6.07) is 0. The molecule has 92 valence electrons. The fourth-order valence-electron chi connectivity index (χ4n) is 3.29. The predicted octanol–water partition coefficient (Wildman–Crippen LogP) is 4.55. The molecule has 0 N–H and O–H groups in total. The number of hydrogen-bond acceptors (Lipinski definition) is 1. The van der Waals surface area contributed by atoms with Gasteiger partial charge in [0.1, 0.15) is 0 Å². The standard InChI is InChI=1S/C15H19BrO/c1-11-8-13(17)9-14(2,3)15(11)6-4-12(10-16)5-7-15/h4,6,8,10H,5,7,9H2,1-3H3/b12-10-/t15-/m1/s1. The minimum atomic E-state index is 0.0251. The highest BCUT2D eigenvalue weighted by atomic mass is 79.9. The molecule has 0 heterocycles. The van der Waals surface area contributed by atoms with Crippen LogP contribution in [0.3, 0.4) is 0 Å². The molecule has 0 bridgehead atoms. The predicted molar refractivity (Wildman–Crippen MR) is 75.0 cm³/mol. The molecule has 2 heteroatoms. The van der Waals surface area contributed by atoms with E-state index in [1.165, 1.54) is 11.1 Å². The molecule has 1 spiro atoms. The van der Waals surface area contributed by atoms with E-state index in [-0.39, 0.29) is 16.6 Å². The number of halogens is 1. The highest BCUT2D eigenvalue weighted by Gasteiger charge is 2.48. The van der Waals surface area contributed by atoms with Crippen molar-refractivity contribution in [2.24, 2.45) is 10.8 Å². The molecule has 0 saturated heterocycles. The van der Waals surface area contributed by atoms with Crippen molar-refractivity contribution in [3.05, 3.63) is 34.4 Å². The van der Waals surface area contributed by atoms with E-state index in [9.17, 15) is 4.79 Å². The molecule has 1 nitrogen and oxygen atoms in total. The van der Waals surface area contributed by atoms with Crippen LogP contribution in [0.4, 0.5) is 0 Å². The van der Waals surface area contributed by atoms with Gasteiger partial charge in [-0.3, -0.25) is 4.79 Å². The van der Waals surface area contributed by atoms with Crippen LogP contribution < -0.4 is 0 Å². The van der Waals surface area contributed by atoms with E-state index in [0.29, 0.717) is 6.42 Å². The highest BCUT2D eigenvalue weighted by molar-refractivity contribution is 9.11. The number of allylic oxidation sites excluding steroid dienone is 5. The van der Waals surface area contributed by atoms with E-state index in [1.807, 2.05) is 11.1 Å². The lowest BCUT2D eigenvalue weighted by Crippen LogP contribution is -2.43. The van der Waals surface area contributed by atoms with E-state index >= 15 is 0 Å². The van der Waals surface area contributed by atoms with E-state index in [0.717, 1.165) is 12.8 Å². The molecule has 0 aliphatic heterocycles. The summed E-state index contributed by atoms with van der Waals surface area (Å²) in [5.41, 5.74) is 2.65. The van der Waals surface area contributed by atoms with Crippen LogP contribution in [-0.4, -0.2) is 5.78 Å². The summed E-state index contributed by atoms with van der Waals surface area (Å²) in [5, 5.41) is 0. The normalized spacial score (nSPS) is 34.2. The van der Waals surface area contributed by atoms with Crippen molar-refractivity contribution in [3.8, 4) is 0 Å². The fourth-order valence-corrected chi connectivity index (χ4v) is 3.67. The van der Waals surface area contributed by atoms with E-state index in [2.05, 4.69) is 48.9 Å². The van der Waals surface area contributed by atoms with Crippen molar-refractivity contribution in [2.45, 2.75) is 40.0 Å². The third kappa shape index (κ3) is 1.97. The Labute approximate surface area is 112 Å². The zero-order valence-electron chi connectivity index (χ0n) is 10.7. The van der Waals surface area contributed by atoms with Crippen molar-refractivity contribution in [2.75, 3.05) is 0 Å². The number of ketones is 1. The molecule has 0 aromatic carbocycles. The van der Waals surface area contributed by atoms with E-state index in [4.69, 9.17) is 0 Å². The van der Waals surface area contributed by atoms with Gasteiger partial charge < -0.3 is 0 Å². The summed E-state index contributed by atoms with van der Waals surface area (Å²) >= 11 is 3.39. The molecule has 2 aliphatic rings. The Morgan fingerprint density at radius 1 is 1.41 bits per heavy atom. The smallest absolute Gasteiger partial charge is 0.156 e. The van der Waals surface area contributed by atoms with E-state index < -0.39 is 0 Å². The Balaban J connectivity index is 2.49. The topological polar surface area (TPSA) is 17.1 Å². The second-order valence-corrected chi connectivity index (χ2v) is 6.30. The molecular weight excluding hydrogens is 276 g/mol. The van der Waals surface area contributed by atoms with Gasteiger partial charge in [-0.1, -0.05) is 47.5 Å². The second kappa shape index (κ2) is 4.24. The van der Waals surface area contributed by atoms with Crippen LogP contribution >= 0.6 is 15.9 Å². The van der Waals surface area contributed by atoms with Crippen molar-refractivity contribution < 1.29 is 4.79 Å². The van der Waals surface area contributed by atoms with Gasteiger partial charge in [0.15, 0.2) is 5.78 Å². The second-order valence-electron chi connectivity index (χ2n) is 5.84. The van der Waals surface area contributed by atoms with Crippen molar-refractivity contribution in [3.63, 3.8) is 0 Å². The van der Waals surface area contributed by atoms with Gasteiger partial charge in [-0.25, -0.2) is 0 Å². The van der Waals surface area contributed by atoms with Gasteiger partial charge >= 0.3 is 0 Å². The highest BCUT2D eigenvalue weighted by Crippen LogP contribution is 2.56. The first-order chi connectivity index (χ1) is 7.91. The molecule has 0 unspecified atom stereocenters. The number of carbonyl (C=O) groups excluding carboxylic acids is 1. The summed E-state index contributed by atoms with van der Waals surface area (Å²) < 4.78 is 0. The van der Waals surface area contributed by atoms with Crippen LogP contribution in [-0.2, 0) is 4.79 Å². The SMILES string of the molecule is CC1=CC(=O)CC(C)(C)[C@@]12C=C/C(=C/Br)CC2. The molecule has 0 amide bonds. The largest absolute Gasteiger partial charge is 0.295 e. The van der Waals surface area contributed by atoms with Crippen molar-refractivity contribution >= 4 is 21.7 Å². The Morgan fingerprint density at radius 3 is 2.59 bits per heavy atom. The Bertz CT molecular complexity index is 440. The third-order valence-corrected chi connectivity index (χ3v) is 5.02. The quantitative estimate of drug-likeness (QED) is 0.641. The van der Waals surface area contributed by atoms with Crippen LogP contribution in [0.2, 0.25) is 0 Å².